The summed E-state index contributed by atoms with van der Waals surface area (Å²) in [6, 6.07) is 12.7. The maximum absolute atomic E-state index is 13.1. The molecule has 2 aromatic carbocycles. The topological polar surface area (TPSA) is 80.2 Å². The second kappa shape index (κ2) is 10.1. The van der Waals surface area contributed by atoms with E-state index >= 15 is 0 Å². The summed E-state index contributed by atoms with van der Waals surface area (Å²) in [5, 5.41) is 2.81. The van der Waals surface area contributed by atoms with Crippen LogP contribution in [0.3, 0.4) is 0 Å². The summed E-state index contributed by atoms with van der Waals surface area (Å²) in [5.74, 6) is 0.0709. The third-order valence-electron chi connectivity index (χ3n) is 4.18. The van der Waals surface area contributed by atoms with Crippen molar-refractivity contribution in [3.05, 3.63) is 59.8 Å². The van der Waals surface area contributed by atoms with Gasteiger partial charge >= 0.3 is 6.61 Å². The predicted molar refractivity (Wildman–Crippen MR) is 115 cm³/mol. The lowest BCUT2D eigenvalue weighted by atomic mass is 10.2. The molecule has 1 aliphatic rings. The van der Waals surface area contributed by atoms with Gasteiger partial charge < -0.3 is 14.8 Å². The third kappa shape index (κ3) is 5.60. The van der Waals surface area contributed by atoms with Gasteiger partial charge in [0, 0.05) is 7.05 Å². The Morgan fingerprint density at radius 3 is 2.39 bits per heavy atom. The minimum absolute atomic E-state index is 0.0316. The highest BCUT2D eigenvalue weighted by Gasteiger charge is 2.32. The smallest absolute Gasteiger partial charge is 0.387 e. The van der Waals surface area contributed by atoms with Crippen LogP contribution in [0.25, 0.3) is 6.08 Å². The number of ether oxygens (including phenoxy) is 2. The molecule has 0 aliphatic carbocycles. The largest absolute Gasteiger partial charge is 0.497 e. The Morgan fingerprint density at radius 1 is 1.16 bits per heavy atom. The van der Waals surface area contributed by atoms with Gasteiger partial charge in [0.2, 0.25) is 5.91 Å². The lowest BCUT2D eigenvalue weighted by Crippen LogP contribution is -2.31. The first-order chi connectivity index (χ1) is 14.9. The monoisotopic (exact) mass is 447 g/mol. The zero-order chi connectivity index (χ0) is 22.4. The number of nitrogens with one attached hydrogen (secondary N) is 1. The number of alkyl halides is 2. The number of carbonyl (C=O) groups is 2. The Kier molecular flexibility index (Phi) is 7.24. The maximum Gasteiger partial charge on any atom is 0.387 e. The van der Waals surface area contributed by atoms with Crippen LogP contribution >= 0.6 is 11.8 Å². The normalized spacial score (nSPS) is 14.7. The van der Waals surface area contributed by atoms with Gasteiger partial charge in [-0.1, -0.05) is 23.9 Å². The Hall–Kier alpha value is -3.40. The molecule has 3 rings (SSSR count). The molecule has 1 heterocycles. The van der Waals surface area contributed by atoms with Crippen molar-refractivity contribution in [3.63, 3.8) is 0 Å². The van der Waals surface area contributed by atoms with Gasteiger partial charge in [-0.05, 0) is 48.0 Å². The van der Waals surface area contributed by atoms with Crippen LogP contribution in [0.2, 0.25) is 0 Å². The molecule has 0 spiro atoms. The van der Waals surface area contributed by atoms with Gasteiger partial charge in [-0.25, -0.2) is 4.99 Å². The number of thioether (sulfide) groups is 1. The van der Waals surface area contributed by atoms with Gasteiger partial charge in [0.25, 0.3) is 5.91 Å². The summed E-state index contributed by atoms with van der Waals surface area (Å²) in [6.45, 7) is -2.95. The fourth-order valence-electron chi connectivity index (χ4n) is 2.66. The van der Waals surface area contributed by atoms with Crippen LogP contribution < -0.4 is 19.7 Å². The lowest BCUT2D eigenvalue weighted by molar-refractivity contribution is -0.118. The Bertz CT molecular complexity index is 1010. The van der Waals surface area contributed by atoms with Crippen molar-refractivity contribution in [2.24, 2.45) is 4.99 Å². The number of aliphatic imine (C=N–C) groups is 1. The van der Waals surface area contributed by atoms with Crippen LogP contribution in [0.4, 0.5) is 14.5 Å². The first-order valence-corrected chi connectivity index (χ1v) is 10.1. The molecule has 2 aromatic rings. The molecule has 0 fully saturated rings. The number of rotatable bonds is 7. The molecule has 7 nitrogen and oxygen atoms in total. The number of amides is 2. The van der Waals surface area contributed by atoms with E-state index in [9.17, 15) is 18.4 Å². The fraction of sp³-hybridized carbons (Fsp3) is 0.190. The van der Waals surface area contributed by atoms with E-state index in [1.54, 1.807) is 37.5 Å². The minimum Gasteiger partial charge on any atom is -0.497 e. The molecule has 1 aliphatic heterocycles. The van der Waals surface area contributed by atoms with E-state index in [0.717, 1.165) is 17.3 Å². The molecule has 0 aromatic heterocycles. The number of hydrogen-bond acceptors (Lipinski definition) is 6. The quantitative estimate of drug-likeness (QED) is 0.657. The Labute approximate surface area is 181 Å². The summed E-state index contributed by atoms with van der Waals surface area (Å²) in [7, 11) is 3.07. The van der Waals surface area contributed by atoms with Gasteiger partial charge in [0.15, 0.2) is 5.17 Å². The minimum atomic E-state index is -2.95. The lowest BCUT2D eigenvalue weighted by Gasteiger charge is -2.18. The van der Waals surface area contributed by atoms with Crippen molar-refractivity contribution in [1.82, 2.24) is 5.32 Å². The molecular weight excluding hydrogens is 428 g/mol. The second-order valence-electron chi connectivity index (χ2n) is 6.17. The van der Waals surface area contributed by atoms with E-state index in [1.807, 2.05) is 0 Å². The van der Waals surface area contributed by atoms with Crippen LogP contribution in [0.5, 0.6) is 11.5 Å². The summed E-state index contributed by atoms with van der Waals surface area (Å²) >= 11 is 1.09. The predicted octanol–water partition coefficient (Wildman–Crippen LogP) is 3.52. The molecule has 10 heteroatoms. The molecular formula is C21H19F2N3O4S. The highest BCUT2D eigenvalue weighted by atomic mass is 32.2. The van der Waals surface area contributed by atoms with Crippen LogP contribution in [0.15, 0.2) is 59.2 Å². The number of methoxy groups -OCH3 is 1. The fourth-order valence-corrected chi connectivity index (χ4v) is 3.54. The Morgan fingerprint density at radius 2 is 1.81 bits per heavy atom. The molecule has 0 saturated carbocycles. The van der Waals surface area contributed by atoms with E-state index in [4.69, 9.17) is 4.74 Å². The number of nitrogens with zero attached hydrogens (tertiary/aromatic N) is 2. The maximum atomic E-state index is 13.1. The third-order valence-corrected chi connectivity index (χ3v) is 5.12. The van der Waals surface area contributed by atoms with Crippen LogP contribution in [0, 0.1) is 0 Å². The zero-order valence-electron chi connectivity index (χ0n) is 16.7. The van der Waals surface area contributed by atoms with Gasteiger partial charge in [-0.2, -0.15) is 8.78 Å². The van der Waals surface area contributed by atoms with Gasteiger partial charge in [-0.3, -0.25) is 14.5 Å². The average Bonchev–Trinajstić information content (AvgIpc) is 3.07. The SMILES string of the molecule is CNC(=O)CSC1=N/C(=C\c2ccc(OC)cc2)C(=O)N1c1ccc(OC(F)F)cc1. The molecule has 0 radical (unpaired) electrons. The number of halogens is 2. The number of amidine groups is 1. The van der Waals surface area contributed by atoms with E-state index in [0.29, 0.717) is 16.6 Å². The summed E-state index contributed by atoms with van der Waals surface area (Å²) in [6.07, 6.45) is 1.62. The van der Waals surface area contributed by atoms with Gasteiger partial charge in [0.05, 0.1) is 18.6 Å². The number of benzene rings is 2. The first-order valence-electron chi connectivity index (χ1n) is 9.08. The summed E-state index contributed by atoms with van der Waals surface area (Å²) < 4.78 is 34.3. The number of anilines is 1. The second-order valence-corrected chi connectivity index (χ2v) is 7.11. The van der Waals surface area contributed by atoms with Crippen molar-refractivity contribution in [1.29, 1.82) is 0 Å². The van der Waals surface area contributed by atoms with Gasteiger partial charge in [0.1, 0.15) is 17.2 Å². The van der Waals surface area contributed by atoms with Crippen molar-refractivity contribution in [2.75, 3.05) is 24.8 Å². The molecule has 2 amide bonds. The molecule has 0 saturated heterocycles. The molecule has 31 heavy (non-hydrogen) atoms. The van der Waals surface area contributed by atoms with Crippen LogP contribution in [-0.4, -0.2) is 43.5 Å². The highest BCUT2D eigenvalue weighted by molar-refractivity contribution is 8.14. The molecule has 0 unspecified atom stereocenters. The van der Waals surface area contributed by atoms with E-state index < -0.39 is 12.5 Å². The molecule has 1 N–H and O–H groups in total. The zero-order valence-corrected chi connectivity index (χ0v) is 17.5. The average molecular weight is 447 g/mol. The molecule has 0 bridgehead atoms. The number of hydrogen-bond donors (Lipinski definition) is 1. The Balaban J connectivity index is 1.90. The van der Waals surface area contributed by atoms with E-state index in [1.165, 1.54) is 36.2 Å². The standard InChI is InChI=1S/C21H19F2N3O4S/c1-24-18(27)12-31-21-25-17(11-13-3-7-15(29-2)8-4-13)19(28)26(21)14-5-9-16(10-6-14)30-20(22)23/h3-11,20H,12H2,1-2H3,(H,24,27)/b17-11-. The van der Waals surface area contributed by atoms with Crippen LogP contribution in [-0.2, 0) is 9.59 Å². The number of carbonyl (C=O) groups excluding carboxylic acids is 2. The molecule has 162 valence electrons. The van der Waals surface area contributed by atoms with Crippen molar-refractivity contribution >= 4 is 40.5 Å². The van der Waals surface area contributed by atoms with E-state index in [2.05, 4.69) is 15.0 Å². The van der Waals surface area contributed by atoms with Gasteiger partial charge in [-0.15, -0.1) is 0 Å². The van der Waals surface area contributed by atoms with Crippen LogP contribution in [0.1, 0.15) is 5.56 Å². The van der Waals surface area contributed by atoms with Crippen molar-refractivity contribution in [2.45, 2.75) is 6.61 Å². The van der Waals surface area contributed by atoms with Crippen molar-refractivity contribution < 1.29 is 27.8 Å². The van der Waals surface area contributed by atoms with Crippen molar-refractivity contribution in [3.8, 4) is 11.5 Å². The summed E-state index contributed by atoms with van der Waals surface area (Å²) in [4.78, 5) is 30.5. The van der Waals surface area contributed by atoms with E-state index in [-0.39, 0.29) is 23.1 Å². The first kappa shape index (κ1) is 22.3. The summed E-state index contributed by atoms with van der Waals surface area (Å²) in [5.41, 5.74) is 1.33. The molecule has 0 atom stereocenters. The highest BCUT2D eigenvalue weighted by Crippen LogP contribution is 2.31.